The summed E-state index contributed by atoms with van der Waals surface area (Å²) in [4.78, 5) is 20.0. The minimum absolute atomic E-state index is 0.0376. The van der Waals surface area contributed by atoms with Gasteiger partial charge in [-0.05, 0) is 72.2 Å². The van der Waals surface area contributed by atoms with Gasteiger partial charge in [0.1, 0.15) is 0 Å². The monoisotopic (exact) mass is 446 g/mol. The van der Waals surface area contributed by atoms with Crippen LogP contribution in [-0.2, 0) is 19.6 Å². The van der Waals surface area contributed by atoms with Gasteiger partial charge in [0.25, 0.3) is 5.56 Å². The van der Waals surface area contributed by atoms with E-state index in [2.05, 4.69) is 77.8 Å². The molecule has 1 N–H and O–H groups in total. The highest BCUT2D eigenvalue weighted by atomic mass is 16.1. The lowest BCUT2D eigenvalue weighted by atomic mass is 10.0. The van der Waals surface area contributed by atoms with Crippen molar-refractivity contribution in [2.45, 2.75) is 19.6 Å². The van der Waals surface area contributed by atoms with Crippen LogP contribution < -0.4 is 10.9 Å². The van der Waals surface area contributed by atoms with Gasteiger partial charge in [-0.1, -0.05) is 36.4 Å². The van der Waals surface area contributed by atoms with Crippen molar-refractivity contribution in [1.29, 1.82) is 0 Å². The molecule has 5 heteroatoms. The van der Waals surface area contributed by atoms with E-state index in [0.29, 0.717) is 0 Å². The molecule has 0 amide bonds. The molecule has 0 radical (unpaired) electrons. The third-order valence-electron chi connectivity index (χ3n) is 6.58. The summed E-state index contributed by atoms with van der Waals surface area (Å²) in [6.45, 7) is 2.62. The Hall–Kier alpha value is -3.80. The number of rotatable bonds is 4. The Morgan fingerprint density at radius 1 is 0.882 bits per heavy atom. The largest absolute Gasteiger partial charge is 0.309 e. The minimum atomic E-state index is -0.0376. The maximum atomic E-state index is 13.2. The van der Waals surface area contributed by atoms with Crippen LogP contribution in [0.15, 0.2) is 83.8 Å². The third kappa shape index (κ3) is 3.59. The molecule has 1 aliphatic rings. The summed E-state index contributed by atoms with van der Waals surface area (Å²) in [5.41, 5.74) is 8.71. The van der Waals surface area contributed by atoms with Crippen molar-refractivity contribution >= 4 is 21.8 Å². The quantitative estimate of drug-likeness (QED) is 0.400. The van der Waals surface area contributed by atoms with E-state index in [1.165, 1.54) is 16.7 Å². The van der Waals surface area contributed by atoms with Gasteiger partial charge in [-0.25, -0.2) is 0 Å². The highest BCUT2D eigenvalue weighted by Gasteiger charge is 2.15. The lowest BCUT2D eigenvalue weighted by molar-refractivity contribution is 0.402. The number of nitrogens with zero attached hydrogens (tertiary/aromatic N) is 3. The van der Waals surface area contributed by atoms with Gasteiger partial charge in [0.15, 0.2) is 0 Å². The van der Waals surface area contributed by atoms with Crippen LogP contribution in [0, 0.1) is 0 Å². The summed E-state index contributed by atoms with van der Waals surface area (Å²) in [6.07, 6.45) is 1.86. The summed E-state index contributed by atoms with van der Waals surface area (Å²) in [7, 11) is 4.15. The van der Waals surface area contributed by atoms with Gasteiger partial charge in [-0.3, -0.25) is 14.3 Å². The Kier molecular flexibility index (Phi) is 5.01. The molecule has 3 heterocycles. The maximum Gasteiger partial charge on any atom is 0.255 e. The van der Waals surface area contributed by atoms with Gasteiger partial charge in [-0.15, -0.1) is 0 Å². The van der Waals surface area contributed by atoms with Crippen molar-refractivity contribution in [3.05, 3.63) is 106 Å². The van der Waals surface area contributed by atoms with Crippen LogP contribution in [0.3, 0.4) is 0 Å². The van der Waals surface area contributed by atoms with Crippen LogP contribution in [-0.4, -0.2) is 28.5 Å². The first-order chi connectivity index (χ1) is 16.6. The van der Waals surface area contributed by atoms with Crippen LogP contribution in [0.25, 0.3) is 38.6 Å². The zero-order valence-corrected chi connectivity index (χ0v) is 19.4. The van der Waals surface area contributed by atoms with E-state index in [9.17, 15) is 4.79 Å². The lowest BCUT2D eigenvalue weighted by Crippen LogP contribution is -2.18. The number of fused-ring (bicyclic) bond motifs is 4. The van der Waals surface area contributed by atoms with Crippen LogP contribution in [0.1, 0.15) is 16.7 Å². The van der Waals surface area contributed by atoms with E-state index >= 15 is 0 Å². The lowest BCUT2D eigenvalue weighted by Gasteiger charge is -2.14. The van der Waals surface area contributed by atoms with E-state index in [1.54, 1.807) is 6.07 Å². The molecule has 0 fully saturated rings. The first-order valence-corrected chi connectivity index (χ1v) is 11.6. The van der Waals surface area contributed by atoms with Gasteiger partial charge in [0.05, 0.1) is 11.0 Å². The molecule has 0 aliphatic carbocycles. The first kappa shape index (κ1) is 20.8. The molecule has 168 valence electrons. The SMILES string of the molecule is CN(C)Cc1ccc(-c2ccc3ncc4ccc(=O)n(-c5ccc6c(c5)CNC6)c4c3c2)cc1. The predicted molar refractivity (Wildman–Crippen MR) is 138 cm³/mol. The fraction of sp³-hybridized carbons (Fsp3) is 0.172. The molecule has 0 bridgehead atoms. The molecule has 0 saturated carbocycles. The molecule has 0 spiro atoms. The van der Waals surface area contributed by atoms with Gasteiger partial charge in [0.2, 0.25) is 0 Å². The summed E-state index contributed by atoms with van der Waals surface area (Å²) in [5.74, 6) is 0. The number of benzene rings is 3. The van der Waals surface area contributed by atoms with E-state index in [1.807, 2.05) is 29.0 Å². The molecule has 0 atom stereocenters. The second-order valence-electron chi connectivity index (χ2n) is 9.29. The first-order valence-electron chi connectivity index (χ1n) is 11.6. The molecule has 3 aromatic carbocycles. The highest BCUT2D eigenvalue weighted by molar-refractivity contribution is 6.05. The molecule has 34 heavy (non-hydrogen) atoms. The van der Waals surface area contributed by atoms with Gasteiger partial charge < -0.3 is 10.2 Å². The number of pyridine rings is 2. The fourth-order valence-corrected chi connectivity index (χ4v) is 4.94. The molecular formula is C29H26N4O. The van der Waals surface area contributed by atoms with E-state index in [0.717, 1.165) is 58.3 Å². The van der Waals surface area contributed by atoms with Gasteiger partial charge in [0, 0.05) is 48.4 Å². The highest BCUT2D eigenvalue weighted by Crippen LogP contribution is 2.30. The standard InChI is InChI=1S/C29H26N4O/c1-32(2)18-19-3-5-20(6-4-19)21-8-11-27-26(14-21)29-23(17-31-27)9-12-28(34)33(29)25-10-7-22-15-30-16-24(22)13-25/h3-14,17,30H,15-16,18H2,1-2H3. The fourth-order valence-electron chi connectivity index (χ4n) is 4.94. The van der Waals surface area contributed by atoms with E-state index in [4.69, 9.17) is 0 Å². The predicted octanol–water partition coefficient (Wildman–Crippen LogP) is 4.87. The summed E-state index contributed by atoms with van der Waals surface area (Å²) < 4.78 is 1.84. The second kappa shape index (κ2) is 8.20. The van der Waals surface area contributed by atoms with E-state index in [-0.39, 0.29) is 5.56 Å². The Morgan fingerprint density at radius 2 is 1.68 bits per heavy atom. The average molecular weight is 447 g/mol. The Bertz CT molecular complexity index is 1600. The van der Waals surface area contributed by atoms with Crippen LogP contribution in [0.5, 0.6) is 0 Å². The van der Waals surface area contributed by atoms with Gasteiger partial charge >= 0.3 is 0 Å². The topological polar surface area (TPSA) is 50.2 Å². The van der Waals surface area contributed by atoms with Crippen LogP contribution >= 0.6 is 0 Å². The molecule has 0 saturated heterocycles. The smallest absolute Gasteiger partial charge is 0.255 e. The second-order valence-corrected chi connectivity index (χ2v) is 9.29. The molecule has 6 rings (SSSR count). The number of hydrogen-bond donors (Lipinski definition) is 1. The third-order valence-corrected chi connectivity index (χ3v) is 6.58. The molecule has 5 aromatic rings. The number of aromatic nitrogens is 2. The van der Waals surface area contributed by atoms with Crippen molar-refractivity contribution in [3.63, 3.8) is 0 Å². The number of nitrogens with one attached hydrogen (secondary N) is 1. The minimum Gasteiger partial charge on any atom is -0.309 e. The average Bonchev–Trinajstić information content (AvgIpc) is 3.31. The van der Waals surface area contributed by atoms with Crippen LogP contribution in [0.2, 0.25) is 0 Å². The maximum absolute atomic E-state index is 13.2. The zero-order chi connectivity index (χ0) is 23.2. The molecule has 1 aliphatic heterocycles. The normalized spacial score (nSPS) is 13.1. The molecule has 0 unspecified atom stereocenters. The molecule has 2 aromatic heterocycles. The molecular weight excluding hydrogens is 420 g/mol. The Labute approximate surface area is 198 Å². The van der Waals surface area contributed by atoms with Gasteiger partial charge in [-0.2, -0.15) is 0 Å². The Balaban J connectivity index is 1.56. The van der Waals surface area contributed by atoms with Crippen molar-refractivity contribution in [2.24, 2.45) is 0 Å². The van der Waals surface area contributed by atoms with Crippen molar-refractivity contribution in [2.75, 3.05) is 14.1 Å². The van der Waals surface area contributed by atoms with Crippen LogP contribution in [0.4, 0.5) is 0 Å². The summed E-state index contributed by atoms with van der Waals surface area (Å²) in [5, 5.41) is 5.31. The molecule has 5 nitrogen and oxygen atoms in total. The zero-order valence-electron chi connectivity index (χ0n) is 19.4. The van der Waals surface area contributed by atoms with Crippen molar-refractivity contribution in [3.8, 4) is 16.8 Å². The summed E-state index contributed by atoms with van der Waals surface area (Å²) >= 11 is 0. The summed E-state index contributed by atoms with van der Waals surface area (Å²) in [6, 6.07) is 24.8. The Morgan fingerprint density at radius 3 is 2.50 bits per heavy atom. The van der Waals surface area contributed by atoms with E-state index < -0.39 is 0 Å². The van der Waals surface area contributed by atoms with Crippen molar-refractivity contribution in [1.82, 2.24) is 19.8 Å². The number of hydrogen-bond acceptors (Lipinski definition) is 4. The van der Waals surface area contributed by atoms with Crippen molar-refractivity contribution < 1.29 is 0 Å².